The normalized spacial score (nSPS) is 23.1. The van der Waals surface area contributed by atoms with Crippen LogP contribution in [0.25, 0.3) is 0 Å². The van der Waals surface area contributed by atoms with Crippen molar-refractivity contribution in [1.29, 1.82) is 0 Å². The van der Waals surface area contributed by atoms with E-state index >= 15 is 0 Å². The first-order valence-electron chi connectivity index (χ1n) is 7.20. The van der Waals surface area contributed by atoms with Crippen LogP contribution in [-0.2, 0) is 11.3 Å². The minimum atomic E-state index is 0.211. The third-order valence-electron chi connectivity index (χ3n) is 4.09. The average Bonchev–Trinajstić information content (AvgIpc) is 2.42. The molecule has 1 saturated carbocycles. The number of benzene rings is 1. The first kappa shape index (κ1) is 14.1. The molecule has 104 valence electrons. The van der Waals surface area contributed by atoms with Crippen LogP contribution in [0.15, 0.2) is 30.3 Å². The molecular formula is C16H24N2O. The van der Waals surface area contributed by atoms with Crippen molar-refractivity contribution in [3.8, 4) is 0 Å². The molecular weight excluding hydrogens is 236 g/mol. The van der Waals surface area contributed by atoms with Gasteiger partial charge in [-0.2, -0.15) is 0 Å². The molecule has 0 aliphatic heterocycles. The largest absolute Gasteiger partial charge is 0.341 e. The van der Waals surface area contributed by atoms with E-state index in [-0.39, 0.29) is 11.9 Å². The summed E-state index contributed by atoms with van der Waals surface area (Å²) in [5.74, 6) is 0.589. The number of hydrogen-bond donors (Lipinski definition) is 1. The highest BCUT2D eigenvalue weighted by molar-refractivity contribution is 5.76. The Hall–Kier alpha value is -1.35. The first-order chi connectivity index (χ1) is 9.16. The van der Waals surface area contributed by atoms with Crippen molar-refractivity contribution in [2.24, 2.45) is 11.7 Å². The fourth-order valence-electron chi connectivity index (χ4n) is 2.82. The van der Waals surface area contributed by atoms with Gasteiger partial charge in [0.1, 0.15) is 0 Å². The summed E-state index contributed by atoms with van der Waals surface area (Å²) in [7, 11) is 1.88. The highest BCUT2D eigenvalue weighted by Crippen LogP contribution is 2.26. The highest BCUT2D eigenvalue weighted by atomic mass is 16.2. The molecule has 1 aromatic rings. The summed E-state index contributed by atoms with van der Waals surface area (Å²) >= 11 is 0. The molecule has 0 spiro atoms. The Bertz CT molecular complexity index is 404. The van der Waals surface area contributed by atoms with E-state index in [9.17, 15) is 4.79 Å². The van der Waals surface area contributed by atoms with Crippen molar-refractivity contribution >= 4 is 5.91 Å². The van der Waals surface area contributed by atoms with E-state index in [1.807, 2.05) is 30.1 Å². The molecule has 2 rings (SSSR count). The standard InChI is InChI=1S/C16H24N2O/c1-18(12-13-7-3-2-4-8-13)16(19)11-14-9-5-6-10-15(14)17/h2-4,7-8,14-15H,5-6,9-12,17H2,1H3. The molecule has 2 atom stereocenters. The molecule has 1 aromatic carbocycles. The SMILES string of the molecule is CN(Cc1ccccc1)C(=O)CC1CCCCC1N. The summed E-state index contributed by atoms with van der Waals surface area (Å²) in [5, 5.41) is 0. The fourth-order valence-corrected chi connectivity index (χ4v) is 2.82. The minimum Gasteiger partial charge on any atom is -0.341 e. The Morgan fingerprint density at radius 3 is 2.63 bits per heavy atom. The molecule has 1 aliphatic rings. The molecule has 1 fully saturated rings. The molecule has 19 heavy (non-hydrogen) atoms. The zero-order valence-corrected chi connectivity index (χ0v) is 11.7. The van der Waals surface area contributed by atoms with E-state index < -0.39 is 0 Å². The van der Waals surface area contributed by atoms with Gasteiger partial charge < -0.3 is 10.6 Å². The van der Waals surface area contributed by atoms with Gasteiger partial charge in [-0.1, -0.05) is 43.2 Å². The predicted octanol–water partition coefficient (Wildman–Crippen LogP) is 2.55. The summed E-state index contributed by atoms with van der Waals surface area (Å²) in [4.78, 5) is 14.0. The molecule has 2 N–H and O–H groups in total. The van der Waals surface area contributed by atoms with Gasteiger partial charge in [0.25, 0.3) is 0 Å². The van der Waals surface area contributed by atoms with Crippen molar-refractivity contribution in [1.82, 2.24) is 4.90 Å². The van der Waals surface area contributed by atoms with Crippen LogP contribution < -0.4 is 5.73 Å². The van der Waals surface area contributed by atoms with Crippen LogP contribution in [-0.4, -0.2) is 23.9 Å². The van der Waals surface area contributed by atoms with E-state index in [0.29, 0.717) is 18.9 Å². The predicted molar refractivity (Wildman–Crippen MR) is 77.5 cm³/mol. The van der Waals surface area contributed by atoms with Crippen molar-refractivity contribution in [3.05, 3.63) is 35.9 Å². The molecule has 0 radical (unpaired) electrons. The van der Waals surface area contributed by atoms with Gasteiger partial charge in [0.05, 0.1) is 0 Å². The second kappa shape index (κ2) is 6.71. The Balaban J connectivity index is 1.85. The minimum absolute atomic E-state index is 0.211. The number of amides is 1. The molecule has 0 heterocycles. The highest BCUT2D eigenvalue weighted by Gasteiger charge is 2.25. The van der Waals surface area contributed by atoms with Crippen molar-refractivity contribution in [3.63, 3.8) is 0 Å². The average molecular weight is 260 g/mol. The lowest BCUT2D eigenvalue weighted by Crippen LogP contribution is -2.37. The smallest absolute Gasteiger partial charge is 0.222 e. The second-order valence-corrected chi connectivity index (χ2v) is 5.65. The van der Waals surface area contributed by atoms with Gasteiger partial charge in [-0.15, -0.1) is 0 Å². The molecule has 0 bridgehead atoms. The summed E-state index contributed by atoms with van der Waals surface area (Å²) in [6.07, 6.45) is 5.21. The van der Waals surface area contributed by atoms with E-state index in [1.165, 1.54) is 18.4 Å². The summed E-state index contributed by atoms with van der Waals surface area (Å²) < 4.78 is 0. The summed E-state index contributed by atoms with van der Waals surface area (Å²) in [6, 6.07) is 10.3. The van der Waals surface area contributed by atoms with Crippen LogP contribution in [0.1, 0.15) is 37.7 Å². The van der Waals surface area contributed by atoms with Gasteiger partial charge in [0, 0.05) is 26.1 Å². The number of nitrogens with two attached hydrogens (primary N) is 1. The van der Waals surface area contributed by atoms with Gasteiger partial charge in [0.15, 0.2) is 0 Å². The maximum atomic E-state index is 12.2. The van der Waals surface area contributed by atoms with Gasteiger partial charge in [0.2, 0.25) is 5.91 Å². The Morgan fingerprint density at radius 2 is 1.95 bits per heavy atom. The number of carbonyl (C=O) groups excluding carboxylic acids is 1. The molecule has 1 aliphatic carbocycles. The van der Waals surface area contributed by atoms with E-state index in [4.69, 9.17) is 5.73 Å². The van der Waals surface area contributed by atoms with E-state index in [2.05, 4.69) is 12.1 Å². The van der Waals surface area contributed by atoms with E-state index in [1.54, 1.807) is 0 Å². The lowest BCUT2D eigenvalue weighted by atomic mass is 9.83. The van der Waals surface area contributed by atoms with Crippen LogP contribution in [0.3, 0.4) is 0 Å². The number of rotatable bonds is 4. The van der Waals surface area contributed by atoms with Gasteiger partial charge in [-0.05, 0) is 24.3 Å². The van der Waals surface area contributed by atoms with E-state index in [0.717, 1.165) is 12.8 Å². The van der Waals surface area contributed by atoms with Crippen LogP contribution in [0.5, 0.6) is 0 Å². The number of hydrogen-bond acceptors (Lipinski definition) is 2. The molecule has 0 aromatic heterocycles. The summed E-state index contributed by atoms with van der Waals surface area (Å²) in [6.45, 7) is 0.682. The van der Waals surface area contributed by atoms with Crippen LogP contribution in [0.4, 0.5) is 0 Å². The van der Waals surface area contributed by atoms with Crippen LogP contribution in [0.2, 0.25) is 0 Å². The number of nitrogens with zero attached hydrogens (tertiary/aromatic N) is 1. The van der Waals surface area contributed by atoms with Crippen molar-refractivity contribution < 1.29 is 4.79 Å². The Kier molecular flexibility index (Phi) is 4.97. The Morgan fingerprint density at radius 1 is 1.26 bits per heavy atom. The Labute approximate surface area is 115 Å². The fraction of sp³-hybridized carbons (Fsp3) is 0.562. The third kappa shape index (κ3) is 4.06. The molecule has 2 unspecified atom stereocenters. The van der Waals surface area contributed by atoms with Gasteiger partial charge >= 0.3 is 0 Å². The van der Waals surface area contributed by atoms with Crippen LogP contribution in [0, 0.1) is 5.92 Å². The zero-order chi connectivity index (χ0) is 13.7. The maximum absolute atomic E-state index is 12.2. The first-order valence-corrected chi connectivity index (χ1v) is 7.20. The number of carbonyl (C=O) groups is 1. The van der Waals surface area contributed by atoms with Gasteiger partial charge in [-0.3, -0.25) is 4.79 Å². The monoisotopic (exact) mass is 260 g/mol. The molecule has 3 heteroatoms. The molecule has 3 nitrogen and oxygen atoms in total. The summed E-state index contributed by atoms with van der Waals surface area (Å²) in [5.41, 5.74) is 7.28. The zero-order valence-electron chi connectivity index (χ0n) is 11.7. The molecule has 1 amide bonds. The van der Waals surface area contributed by atoms with Crippen molar-refractivity contribution in [2.75, 3.05) is 7.05 Å². The lowest BCUT2D eigenvalue weighted by molar-refractivity contribution is -0.131. The third-order valence-corrected chi connectivity index (χ3v) is 4.09. The van der Waals surface area contributed by atoms with Gasteiger partial charge in [-0.25, -0.2) is 0 Å². The second-order valence-electron chi connectivity index (χ2n) is 5.65. The topological polar surface area (TPSA) is 46.3 Å². The van der Waals surface area contributed by atoms with Crippen LogP contribution >= 0.6 is 0 Å². The lowest BCUT2D eigenvalue weighted by Gasteiger charge is -2.29. The quantitative estimate of drug-likeness (QED) is 0.904. The maximum Gasteiger partial charge on any atom is 0.222 e. The molecule has 0 saturated heterocycles. The van der Waals surface area contributed by atoms with Crippen molar-refractivity contribution in [2.45, 2.75) is 44.7 Å².